The molecule has 1 atom stereocenters. The van der Waals surface area contributed by atoms with Gasteiger partial charge < -0.3 is 10.2 Å². The third-order valence-electron chi connectivity index (χ3n) is 4.21. The molecule has 1 fully saturated rings. The maximum atomic E-state index is 12.3. The van der Waals surface area contributed by atoms with E-state index in [0.29, 0.717) is 0 Å². The van der Waals surface area contributed by atoms with Crippen molar-refractivity contribution in [1.29, 1.82) is 0 Å². The average Bonchev–Trinajstić information content (AvgIpc) is 3.02. The molecule has 2 rings (SSSR count). The van der Waals surface area contributed by atoms with E-state index in [2.05, 4.69) is 5.32 Å². The Balaban J connectivity index is 1.95. The van der Waals surface area contributed by atoms with Crippen LogP contribution >= 0.6 is 0 Å². The molecule has 1 aliphatic rings. The Morgan fingerprint density at radius 1 is 1.13 bits per heavy atom. The summed E-state index contributed by atoms with van der Waals surface area (Å²) < 4.78 is 23.9. The molecule has 0 radical (unpaired) electrons. The quantitative estimate of drug-likeness (QED) is 0.865. The highest BCUT2D eigenvalue weighted by atomic mass is 32.2. The maximum Gasteiger partial charge on any atom is 0.244 e. The maximum absolute atomic E-state index is 12.3. The SMILES string of the molecule is CC(C)S(=O)(=O)Cc1ccc(N[C@H](C)C(=O)N2CCCC2)cc1. The summed E-state index contributed by atoms with van der Waals surface area (Å²) in [5, 5.41) is 2.81. The van der Waals surface area contributed by atoms with Gasteiger partial charge in [-0.25, -0.2) is 8.42 Å². The van der Waals surface area contributed by atoms with Crippen molar-refractivity contribution in [1.82, 2.24) is 4.90 Å². The highest BCUT2D eigenvalue weighted by molar-refractivity contribution is 7.91. The van der Waals surface area contributed by atoms with Gasteiger partial charge in [0.1, 0.15) is 6.04 Å². The monoisotopic (exact) mass is 338 g/mol. The van der Waals surface area contributed by atoms with E-state index in [9.17, 15) is 13.2 Å². The van der Waals surface area contributed by atoms with Crippen LogP contribution in [0.2, 0.25) is 0 Å². The minimum absolute atomic E-state index is 0.0488. The standard InChI is InChI=1S/C17H26N2O3S/c1-13(2)23(21,22)12-15-6-8-16(9-7-15)18-14(3)17(20)19-10-4-5-11-19/h6-9,13-14,18H,4-5,10-12H2,1-3H3/t14-/m1/s1. The van der Waals surface area contributed by atoms with Crippen LogP contribution in [-0.4, -0.2) is 43.6 Å². The van der Waals surface area contributed by atoms with Gasteiger partial charge in [-0.1, -0.05) is 12.1 Å². The molecule has 1 saturated heterocycles. The zero-order valence-electron chi connectivity index (χ0n) is 14.1. The van der Waals surface area contributed by atoms with Crippen LogP contribution < -0.4 is 5.32 Å². The largest absolute Gasteiger partial charge is 0.374 e. The van der Waals surface area contributed by atoms with E-state index in [1.807, 2.05) is 24.0 Å². The lowest BCUT2D eigenvalue weighted by atomic mass is 10.2. The topological polar surface area (TPSA) is 66.5 Å². The molecule has 0 spiro atoms. The van der Waals surface area contributed by atoms with Gasteiger partial charge in [-0.2, -0.15) is 0 Å². The van der Waals surface area contributed by atoms with Crippen molar-refractivity contribution in [3.63, 3.8) is 0 Å². The molecule has 1 aromatic rings. The van der Waals surface area contributed by atoms with Crippen LogP contribution in [0, 0.1) is 0 Å². The van der Waals surface area contributed by atoms with E-state index in [1.54, 1.807) is 26.0 Å². The van der Waals surface area contributed by atoms with Crippen molar-refractivity contribution in [3.05, 3.63) is 29.8 Å². The fraction of sp³-hybridized carbons (Fsp3) is 0.588. The molecule has 6 heteroatoms. The second kappa shape index (κ2) is 7.34. The van der Waals surface area contributed by atoms with Gasteiger partial charge >= 0.3 is 0 Å². The van der Waals surface area contributed by atoms with Gasteiger partial charge in [0.15, 0.2) is 9.84 Å². The molecule has 5 nitrogen and oxygen atoms in total. The molecule has 1 aliphatic heterocycles. The number of nitrogens with one attached hydrogen (secondary N) is 1. The first-order valence-corrected chi connectivity index (χ1v) is 9.87. The highest BCUT2D eigenvalue weighted by Crippen LogP contribution is 2.16. The van der Waals surface area contributed by atoms with Crippen LogP contribution in [0.3, 0.4) is 0 Å². The molecule has 1 N–H and O–H groups in total. The number of amides is 1. The number of hydrogen-bond acceptors (Lipinski definition) is 4. The molecule has 1 amide bonds. The first-order chi connectivity index (χ1) is 10.8. The van der Waals surface area contributed by atoms with E-state index < -0.39 is 9.84 Å². The van der Waals surface area contributed by atoms with Crippen LogP contribution in [0.25, 0.3) is 0 Å². The van der Waals surface area contributed by atoms with Crippen molar-refractivity contribution in [2.75, 3.05) is 18.4 Å². The normalized spacial score (nSPS) is 16.6. The Morgan fingerprint density at radius 2 is 1.70 bits per heavy atom. The number of sulfone groups is 1. The average molecular weight is 338 g/mol. The predicted molar refractivity (Wildman–Crippen MR) is 93.1 cm³/mol. The lowest BCUT2D eigenvalue weighted by molar-refractivity contribution is -0.130. The summed E-state index contributed by atoms with van der Waals surface area (Å²) in [6.07, 6.45) is 2.16. The summed E-state index contributed by atoms with van der Waals surface area (Å²) in [5.74, 6) is 0.168. The zero-order chi connectivity index (χ0) is 17.0. The first kappa shape index (κ1) is 17.8. The lowest BCUT2D eigenvalue weighted by Gasteiger charge is -2.22. The first-order valence-electron chi connectivity index (χ1n) is 8.15. The second-order valence-corrected chi connectivity index (χ2v) is 9.01. The van der Waals surface area contributed by atoms with Crippen molar-refractivity contribution in [3.8, 4) is 0 Å². The highest BCUT2D eigenvalue weighted by Gasteiger charge is 2.23. The number of likely N-dealkylation sites (tertiary alicyclic amines) is 1. The van der Waals surface area contributed by atoms with Gasteiger partial charge in [0.05, 0.1) is 11.0 Å². The van der Waals surface area contributed by atoms with E-state index in [1.165, 1.54) is 0 Å². The van der Waals surface area contributed by atoms with Gasteiger partial charge in [0, 0.05) is 18.8 Å². The van der Waals surface area contributed by atoms with Gasteiger partial charge in [0.2, 0.25) is 5.91 Å². The minimum Gasteiger partial charge on any atom is -0.374 e. The van der Waals surface area contributed by atoms with Crippen molar-refractivity contribution in [2.24, 2.45) is 0 Å². The van der Waals surface area contributed by atoms with Crippen molar-refractivity contribution >= 4 is 21.4 Å². The van der Waals surface area contributed by atoms with E-state index in [0.717, 1.165) is 37.2 Å². The van der Waals surface area contributed by atoms with Gasteiger partial charge in [-0.05, 0) is 51.3 Å². The Hall–Kier alpha value is -1.56. The van der Waals surface area contributed by atoms with Gasteiger partial charge in [0.25, 0.3) is 0 Å². The van der Waals surface area contributed by atoms with Crippen LogP contribution in [0.1, 0.15) is 39.2 Å². The summed E-state index contributed by atoms with van der Waals surface area (Å²) in [7, 11) is -3.09. The molecule has 0 unspecified atom stereocenters. The number of carbonyl (C=O) groups is 1. The van der Waals surface area contributed by atoms with Gasteiger partial charge in [-0.3, -0.25) is 4.79 Å². The number of benzene rings is 1. The Kier molecular flexibility index (Phi) is 5.68. The van der Waals surface area contributed by atoms with Crippen molar-refractivity contribution < 1.29 is 13.2 Å². The van der Waals surface area contributed by atoms with E-state index in [4.69, 9.17) is 0 Å². The number of rotatable bonds is 6. The molecule has 0 saturated carbocycles. The van der Waals surface area contributed by atoms with Crippen LogP contribution in [0.15, 0.2) is 24.3 Å². The molecule has 23 heavy (non-hydrogen) atoms. The Morgan fingerprint density at radius 3 is 2.22 bits per heavy atom. The third kappa shape index (κ3) is 4.70. The lowest BCUT2D eigenvalue weighted by Crippen LogP contribution is -2.39. The summed E-state index contributed by atoms with van der Waals surface area (Å²) in [5.41, 5.74) is 1.60. The van der Waals surface area contributed by atoms with Gasteiger partial charge in [-0.15, -0.1) is 0 Å². The fourth-order valence-electron chi connectivity index (χ4n) is 2.62. The number of anilines is 1. The van der Waals surface area contributed by atoms with Crippen LogP contribution in [-0.2, 0) is 20.4 Å². The van der Waals surface area contributed by atoms with Crippen molar-refractivity contribution in [2.45, 2.75) is 50.7 Å². The molecular formula is C17H26N2O3S. The third-order valence-corrected chi connectivity index (χ3v) is 6.38. The van der Waals surface area contributed by atoms with E-state index in [-0.39, 0.29) is 23.0 Å². The molecule has 1 heterocycles. The summed E-state index contributed by atoms with van der Waals surface area (Å²) in [4.78, 5) is 14.2. The van der Waals surface area contributed by atoms with Crippen LogP contribution in [0.5, 0.6) is 0 Å². The molecule has 1 aromatic carbocycles. The molecule has 0 aliphatic carbocycles. The zero-order valence-corrected chi connectivity index (χ0v) is 14.9. The second-order valence-electron chi connectivity index (χ2n) is 6.45. The molecular weight excluding hydrogens is 312 g/mol. The summed E-state index contributed by atoms with van der Waals surface area (Å²) in [6.45, 7) is 6.93. The Bertz CT molecular complexity index is 632. The Labute approximate surface area is 139 Å². The van der Waals surface area contributed by atoms with Crippen LogP contribution in [0.4, 0.5) is 5.69 Å². The molecule has 128 valence electrons. The summed E-state index contributed by atoms with van der Waals surface area (Å²) >= 11 is 0. The number of hydrogen-bond donors (Lipinski definition) is 1. The number of carbonyl (C=O) groups excluding carboxylic acids is 1. The minimum atomic E-state index is -3.09. The summed E-state index contributed by atoms with van der Waals surface area (Å²) in [6, 6.07) is 6.99. The molecule has 0 bridgehead atoms. The number of nitrogens with zero attached hydrogens (tertiary/aromatic N) is 1. The molecule has 0 aromatic heterocycles. The fourth-order valence-corrected chi connectivity index (χ4v) is 3.61. The van der Waals surface area contributed by atoms with E-state index >= 15 is 0 Å². The smallest absolute Gasteiger partial charge is 0.244 e. The predicted octanol–water partition coefficient (Wildman–Crippen LogP) is 2.43.